The van der Waals surface area contributed by atoms with Crippen molar-refractivity contribution in [2.24, 2.45) is 0 Å². The lowest BCUT2D eigenvalue weighted by molar-refractivity contribution is 0.0566. The zero-order valence-corrected chi connectivity index (χ0v) is 21.5. The van der Waals surface area contributed by atoms with Crippen LogP contribution in [0, 0.1) is 5.82 Å². The summed E-state index contributed by atoms with van der Waals surface area (Å²) in [6, 6.07) is 12.6. The molecule has 3 rings (SSSR count). The highest BCUT2D eigenvalue weighted by atomic mass is 19.1. The first-order valence-electron chi connectivity index (χ1n) is 12.8. The van der Waals surface area contributed by atoms with E-state index in [0.29, 0.717) is 29.8 Å². The maximum Gasteiger partial charge on any atom is 0.151 e. The molecule has 3 aromatic rings. The minimum atomic E-state index is -0.322. The molecule has 1 aromatic heterocycles. The van der Waals surface area contributed by atoms with E-state index in [-0.39, 0.29) is 5.82 Å². The van der Waals surface area contributed by atoms with Gasteiger partial charge in [0.2, 0.25) is 0 Å². The lowest BCUT2D eigenvalue weighted by Gasteiger charge is -2.11. The normalized spacial score (nSPS) is 12.1. The molecule has 0 aliphatic rings. The fourth-order valence-corrected chi connectivity index (χ4v) is 3.82. The molecular weight excluding hydrogens is 451 g/mol. The number of hydrogen-bond donors (Lipinski definition) is 0. The standard InChI is InChI=1S/C31H37FN2O2/c1-4-6-10-20-35-24(3)11-8-7-9-12-31-33-22-27(23-34-31)25-13-15-26(16-14-25)29-18-17-28(21-30(29)32)36-19-5-2/h5,9,12-18,21-24H,2,4,6-8,10-11,19-20H2,1,3H3/b12-9+. The zero-order chi connectivity index (χ0) is 25.6. The number of rotatable bonds is 15. The van der Waals surface area contributed by atoms with Crippen molar-refractivity contribution in [2.45, 2.75) is 58.5 Å². The van der Waals surface area contributed by atoms with Crippen molar-refractivity contribution >= 4 is 6.08 Å². The Morgan fingerprint density at radius 3 is 2.42 bits per heavy atom. The number of halogens is 1. The highest BCUT2D eigenvalue weighted by Gasteiger charge is 2.08. The van der Waals surface area contributed by atoms with Gasteiger partial charge in [-0.05, 0) is 61.9 Å². The Bertz CT molecular complexity index is 1090. The molecule has 0 aliphatic carbocycles. The zero-order valence-electron chi connectivity index (χ0n) is 21.5. The Kier molecular flexibility index (Phi) is 11.3. The van der Waals surface area contributed by atoms with Crippen molar-refractivity contribution in [1.29, 1.82) is 0 Å². The van der Waals surface area contributed by atoms with Crippen LogP contribution >= 0.6 is 0 Å². The molecule has 5 heteroatoms. The van der Waals surface area contributed by atoms with Crippen molar-refractivity contribution in [3.8, 4) is 28.0 Å². The quantitative estimate of drug-likeness (QED) is 0.159. The number of unbranched alkanes of at least 4 members (excludes halogenated alkanes) is 3. The second kappa shape index (κ2) is 14.9. The molecule has 0 N–H and O–H groups in total. The Hall–Kier alpha value is -3.31. The number of ether oxygens (including phenoxy) is 2. The maximum absolute atomic E-state index is 14.6. The molecule has 0 bridgehead atoms. The van der Waals surface area contributed by atoms with Gasteiger partial charge in [0, 0.05) is 36.2 Å². The maximum atomic E-state index is 14.6. The van der Waals surface area contributed by atoms with Crippen molar-refractivity contribution in [1.82, 2.24) is 9.97 Å². The molecule has 2 aromatic carbocycles. The van der Waals surface area contributed by atoms with Gasteiger partial charge in [-0.25, -0.2) is 14.4 Å². The molecule has 36 heavy (non-hydrogen) atoms. The van der Waals surface area contributed by atoms with Crippen molar-refractivity contribution in [2.75, 3.05) is 13.2 Å². The van der Waals surface area contributed by atoms with E-state index in [4.69, 9.17) is 9.47 Å². The van der Waals surface area contributed by atoms with Crippen LogP contribution in [0.15, 0.2) is 73.6 Å². The van der Waals surface area contributed by atoms with Crippen LogP contribution in [0.3, 0.4) is 0 Å². The first-order valence-corrected chi connectivity index (χ1v) is 12.8. The monoisotopic (exact) mass is 488 g/mol. The van der Waals surface area contributed by atoms with Gasteiger partial charge in [-0.15, -0.1) is 0 Å². The Balaban J connectivity index is 1.49. The third-order valence-electron chi connectivity index (χ3n) is 5.91. The second-order valence-corrected chi connectivity index (χ2v) is 8.87. The minimum Gasteiger partial charge on any atom is -0.489 e. The molecule has 1 unspecified atom stereocenters. The first-order chi connectivity index (χ1) is 17.6. The SMILES string of the molecule is C=CCOc1ccc(-c2ccc(-c3cnc(/C=C/CCCC(C)OCCCCC)nc3)cc2)c(F)c1. The summed E-state index contributed by atoms with van der Waals surface area (Å²) in [6.45, 7) is 9.17. The summed E-state index contributed by atoms with van der Waals surface area (Å²) in [7, 11) is 0. The Morgan fingerprint density at radius 2 is 1.72 bits per heavy atom. The van der Waals surface area contributed by atoms with E-state index in [1.165, 1.54) is 18.9 Å². The van der Waals surface area contributed by atoms with Crippen molar-refractivity contribution < 1.29 is 13.9 Å². The molecular formula is C31H37FN2O2. The van der Waals surface area contributed by atoms with E-state index >= 15 is 0 Å². The van der Waals surface area contributed by atoms with Crippen LogP contribution in [0.5, 0.6) is 5.75 Å². The van der Waals surface area contributed by atoms with Crippen LogP contribution in [-0.2, 0) is 4.74 Å². The number of hydrogen-bond acceptors (Lipinski definition) is 4. The van der Waals surface area contributed by atoms with Gasteiger partial charge in [-0.1, -0.05) is 62.8 Å². The number of allylic oxidation sites excluding steroid dienone is 1. The topological polar surface area (TPSA) is 44.2 Å². The first kappa shape index (κ1) is 27.3. The Labute approximate surface area is 214 Å². The summed E-state index contributed by atoms with van der Waals surface area (Å²) < 4.78 is 25.8. The molecule has 0 amide bonds. The minimum absolute atomic E-state index is 0.310. The van der Waals surface area contributed by atoms with Crippen molar-refractivity contribution in [3.05, 3.63) is 85.2 Å². The molecule has 0 fully saturated rings. The molecule has 0 spiro atoms. The van der Waals surface area contributed by atoms with Crippen LogP contribution in [0.4, 0.5) is 4.39 Å². The number of nitrogens with zero attached hydrogens (tertiary/aromatic N) is 2. The average Bonchev–Trinajstić information content (AvgIpc) is 2.90. The van der Waals surface area contributed by atoms with Gasteiger partial charge in [0.15, 0.2) is 5.82 Å². The molecule has 0 aliphatic heterocycles. The summed E-state index contributed by atoms with van der Waals surface area (Å²) >= 11 is 0. The van der Waals surface area contributed by atoms with Gasteiger partial charge < -0.3 is 9.47 Å². The number of benzene rings is 2. The van der Waals surface area contributed by atoms with E-state index in [1.807, 2.05) is 42.7 Å². The molecule has 1 heterocycles. The van der Waals surface area contributed by atoms with Gasteiger partial charge >= 0.3 is 0 Å². The fourth-order valence-electron chi connectivity index (χ4n) is 3.82. The molecule has 0 saturated carbocycles. The van der Waals surface area contributed by atoms with Crippen LogP contribution in [0.1, 0.15) is 58.2 Å². The van der Waals surface area contributed by atoms with E-state index in [2.05, 4.69) is 36.5 Å². The van der Waals surface area contributed by atoms with Gasteiger partial charge in [0.1, 0.15) is 18.2 Å². The van der Waals surface area contributed by atoms with Gasteiger partial charge in [-0.2, -0.15) is 0 Å². The lowest BCUT2D eigenvalue weighted by Crippen LogP contribution is -2.08. The molecule has 190 valence electrons. The third kappa shape index (κ3) is 8.72. The predicted molar refractivity (Wildman–Crippen MR) is 146 cm³/mol. The summed E-state index contributed by atoms with van der Waals surface area (Å²) in [5.74, 6) is 0.859. The van der Waals surface area contributed by atoms with Gasteiger partial charge in [-0.3, -0.25) is 0 Å². The van der Waals surface area contributed by atoms with E-state index in [1.54, 1.807) is 18.2 Å². The van der Waals surface area contributed by atoms with Crippen LogP contribution < -0.4 is 4.74 Å². The van der Waals surface area contributed by atoms with Crippen LogP contribution in [-0.4, -0.2) is 29.3 Å². The summed E-state index contributed by atoms with van der Waals surface area (Å²) in [4.78, 5) is 8.94. The molecule has 1 atom stereocenters. The van der Waals surface area contributed by atoms with Crippen LogP contribution in [0.2, 0.25) is 0 Å². The van der Waals surface area contributed by atoms with Gasteiger partial charge in [0.25, 0.3) is 0 Å². The van der Waals surface area contributed by atoms with E-state index in [0.717, 1.165) is 49.0 Å². The third-order valence-corrected chi connectivity index (χ3v) is 5.91. The number of aromatic nitrogens is 2. The largest absolute Gasteiger partial charge is 0.489 e. The Morgan fingerprint density at radius 1 is 0.972 bits per heavy atom. The highest BCUT2D eigenvalue weighted by molar-refractivity contribution is 5.70. The molecule has 4 nitrogen and oxygen atoms in total. The summed E-state index contributed by atoms with van der Waals surface area (Å²) in [6.07, 6.45) is 16.4. The summed E-state index contributed by atoms with van der Waals surface area (Å²) in [5.41, 5.74) is 3.23. The lowest BCUT2D eigenvalue weighted by atomic mass is 10.0. The average molecular weight is 489 g/mol. The highest BCUT2D eigenvalue weighted by Crippen LogP contribution is 2.28. The van der Waals surface area contributed by atoms with E-state index < -0.39 is 0 Å². The van der Waals surface area contributed by atoms with Crippen molar-refractivity contribution in [3.63, 3.8) is 0 Å². The summed E-state index contributed by atoms with van der Waals surface area (Å²) in [5, 5.41) is 0. The molecule has 0 saturated heterocycles. The smallest absolute Gasteiger partial charge is 0.151 e. The molecule has 0 radical (unpaired) electrons. The van der Waals surface area contributed by atoms with Gasteiger partial charge in [0.05, 0.1) is 6.10 Å². The van der Waals surface area contributed by atoms with E-state index in [9.17, 15) is 4.39 Å². The second-order valence-electron chi connectivity index (χ2n) is 8.87. The predicted octanol–water partition coefficient (Wildman–Crippen LogP) is 8.29. The fraction of sp³-hybridized carbons (Fsp3) is 0.355. The van der Waals surface area contributed by atoms with Crippen LogP contribution in [0.25, 0.3) is 28.3 Å².